The van der Waals surface area contributed by atoms with E-state index in [1.165, 1.54) is 0 Å². The lowest BCUT2D eigenvalue weighted by Crippen LogP contribution is -2.19. The minimum absolute atomic E-state index is 0.104. The molecule has 0 atom stereocenters. The summed E-state index contributed by atoms with van der Waals surface area (Å²) in [5, 5.41) is 10.4. The SMILES string of the molecule is N=C(N)c1ccc2n1C=CNC2. The van der Waals surface area contributed by atoms with E-state index < -0.39 is 0 Å². The summed E-state index contributed by atoms with van der Waals surface area (Å²) in [6.45, 7) is 0.795. The molecule has 0 saturated heterocycles. The maximum atomic E-state index is 7.29. The van der Waals surface area contributed by atoms with Gasteiger partial charge in [0.15, 0.2) is 0 Å². The van der Waals surface area contributed by atoms with Crippen LogP contribution in [-0.4, -0.2) is 10.4 Å². The van der Waals surface area contributed by atoms with Gasteiger partial charge in [-0.15, -0.1) is 0 Å². The van der Waals surface area contributed by atoms with Crippen molar-refractivity contribution in [2.45, 2.75) is 6.54 Å². The van der Waals surface area contributed by atoms with E-state index in [0.717, 1.165) is 17.9 Å². The zero-order valence-corrected chi connectivity index (χ0v) is 6.54. The second-order valence-corrected chi connectivity index (χ2v) is 2.69. The fraction of sp³-hybridized carbons (Fsp3) is 0.125. The number of amidine groups is 1. The van der Waals surface area contributed by atoms with Crippen LogP contribution in [0.3, 0.4) is 0 Å². The summed E-state index contributed by atoms with van der Waals surface area (Å²) in [6.07, 6.45) is 3.72. The van der Waals surface area contributed by atoms with Crippen molar-refractivity contribution in [3.63, 3.8) is 0 Å². The van der Waals surface area contributed by atoms with Gasteiger partial charge in [0.2, 0.25) is 0 Å². The molecule has 1 aliphatic heterocycles. The molecule has 1 aromatic heterocycles. The second-order valence-electron chi connectivity index (χ2n) is 2.69. The van der Waals surface area contributed by atoms with Gasteiger partial charge in [-0.2, -0.15) is 0 Å². The van der Waals surface area contributed by atoms with Crippen LogP contribution in [0.25, 0.3) is 6.20 Å². The molecule has 12 heavy (non-hydrogen) atoms. The van der Waals surface area contributed by atoms with Crippen LogP contribution in [-0.2, 0) is 6.54 Å². The van der Waals surface area contributed by atoms with Gasteiger partial charge in [0.25, 0.3) is 0 Å². The number of aromatic nitrogens is 1. The standard InChI is InChI=1S/C8H10N4/c9-8(10)7-2-1-6-5-11-3-4-12(6)7/h1-4,11H,5H2,(H3,9,10). The predicted molar refractivity (Wildman–Crippen MR) is 47.6 cm³/mol. The Kier molecular flexibility index (Phi) is 1.40. The van der Waals surface area contributed by atoms with Crippen LogP contribution in [0.15, 0.2) is 18.3 Å². The van der Waals surface area contributed by atoms with Gasteiger partial charge in [-0.25, -0.2) is 0 Å². The Balaban J connectivity index is 2.54. The summed E-state index contributed by atoms with van der Waals surface area (Å²) in [5.74, 6) is 0.104. The highest BCUT2D eigenvalue weighted by molar-refractivity contribution is 5.94. The first-order valence-corrected chi connectivity index (χ1v) is 3.73. The average molecular weight is 162 g/mol. The minimum atomic E-state index is 0.104. The Hall–Kier alpha value is -1.71. The fourth-order valence-corrected chi connectivity index (χ4v) is 1.32. The second kappa shape index (κ2) is 2.41. The lowest BCUT2D eigenvalue weighted by molar-refractivity contribution is 0.786. The summed E-state index contributed by atoms with van der Waals surface area (Å²) in [6, 6.07) is 3.82. The van der Waals surface area contributed by atoms with E-state index in [9.17, 15) is 0 Å². The van der Waals surface area contributed by atoms with Crippen molar-refractivity contribution in [3.05, 3.63) is 29.7 Å². The Labute approximate surface area is 70.2 Å². The summed E-state index contributed by atoms with van der Waals surface area (Å²) in [7, 11) is 0. The van der Waals surface area contributed by atoms with E-state index in [0.29, 0.717) is 0 Å². The zero-order valence-electron chi connectivity index (χ0n) is 6.54. The molecule has 4 heteroatoms. The van der Waals surface area contributed by atoms with Gasteiger partial charge >= 0.3 is 0 Å². The summed E-state index contributed by atoms with van der Waals surface area (Å²) in [4.78, 5) is 0. The summed E-state index contributed by atoms with van der Waals surface area (Å²) >= 11 is 0. The van der Waals surface area contributed by atoms with Crippen molar-refractivity contribution in [2.75, 3.05) is 0 Å². The number of rotatable bonds is 1. The molecule has 4 nitrogen and oxygen atoms in total. The molecule has 0 spiro atoms. The van der Waals surface area contributed by atoms with E-state index in [2.05, 4.69) is 5.32 Å². The highest BCUT2D eigenvalue weighted by Gasteiger charge is 2.09. The lowest BCUT2D eigenvalue weighted by Gasteiger charge is -2.12. The number of fused-ring (bicyclic) bond motifs is 1. The molecule has 2 heterocycles. The van der Waals surface area contributed by atoms with E-state index in [1.807, 2.05) is 29.1 Å². The van der Waals surface area contributed by atoms with Crippen LogP contribution >= 0.6 is 0 Å². The van der Waals surface area contributed by atoms with Crippen molar-refractivity contribution in [3.8, 4) is 0 Å². The maximum Gasteiger partial charge on any atom is 0.140 e. The number of nitrogens with zero attached hydrogens (tertiary/aromatic N) is 1. The van der Waals surface area contributed by atoms with Crippen LogP contribution in [0.5, 0.6) is 0 Å². The van der Waals surface area contributed by atoms with E-state index in [4.69, 9.17) is 11.1 Å². The molecule has 2 rings (SSSR count). The Morgan fingerprint density at radius 3 is 3.17 bits per heavy atom. The van der Waals surface area contributed by atoms with E-state index in [1.54, 1.807) is 0 Å². The van der Waals surface area contributed by atoms with Gasteiger partial charge < -0.3 is 15.6 Å². The smallest absolute Gasteiger partial charge is 0.140 e. The van der Waals surface area contributed by atoms with Crippen LogP contribution < -0.4 is 11.1 Å². The molecule has 0 bridgehead atoms. The molecule has 0 aliphatic carbocycles. The first-order valence-electron chi connectivity index (χ1n) is 3.73. The van der Waals surface area contributed by atoms with Crippen molar-refractivity contribution >= 4 is 12.0 Å². The number of nitrogen functional groups attached to an aromatic ring is 1. The fourth-order valence-electron chi connectivity index (χ4n) is 1.32. The molecule has 1 aliphatic rings. The van der Waals surface area contributed by atoms with Crippen molar-refractivity contribution in [1.82, 2.24) is 9.88 Å². The Morgan fingerprint density at radius 2 is 2.42 bits per heavy atom. The van der Waals surface area contributed by atoms with Crippen molar-refractivity contribution in [1.29, 1.82) is 5.41 Å². The van der Waals surface area contributed by atoms with Gasteiger partial charge in [0, 0.05) is 18.1 Å². The summed E-state index contributed by atoms with van der Waals surface area (Å²) in [5.41, 5.74) is 7.27. The van der Waals surface area contributed by atoms with E-state index in [-0.39, 0.29) is 5.84 Å². The van der Waals surface area contributed by atoms with Crippen LogP contribution in [0.2, 0.25) is 0 Å². The number of hydrogen-bond acceptors (Lipinski definition) is 2. The molecule has 0 fully saturated rings. The van der Waals surface area contributed by atoms with Crippen LogP contribution in [0.1, 0.15) is 11.4 Å². The zero-order chi connectivity index (χ0) is 8.55. The van der Waals surface area contributed by atoms with E-state index >= 15 is 0 Å². The molecule has 0 aromatic carbocycles. The van der Waals surface area contributed by atoms with Crippen LogP contribution in [0, 0.1) is 5.41 Å². The lowest BCUT2D eigenvalue weighted by atomic mass is 10.4. The van der Waals surface area contributed by atoms with Gasteiger partial charge in [0.1, 0.15) is 5.84 Å². The number of nitrogens with two attached hydrogens (primary N) is 1. The highest BCUT2D eigenvalue weighted by Crippen LogP contribution is 2.11. The Morgan fingerprint density at radius 1 is 1.58 bits per heavy atom. The molecule has 0 radical (unpaired) electrons. The molecule has 0 unspecified atom stereocenters. The molecule has 0 saturated carbocycles. The number of nitrogens with one attached hydrogen (secondary N) is 2. The van der Waals surface area contributed by atoms with Crippen LogP contribution in [0.4, 0.5) is 0 Å². The largest absolute Gasteiger partial charge is 0.384 e. The van der Waals surface area contributed by atoms with Gasteiger partial charge in [0.05, 0.1) is 12.2 Å². The average Bonchev–Trinajstić information content (AvgIpc) is 2.47. The first-order chi connectivity index (χ1) is 5.79. The van der Waals surface area contributed by atoms with Gasteiger partial charge in [-0.1, -0.05) is 0 Å². The monoisotopic (exact) mass is 162 g/mol. The quantitative estimate of drug-likeness (QED) is 0.411. The maximum absolute atomic E-state index is 7.29. The third-order valence-electron chi connectivity index (χ3n) is 1.90. The molecule has 4 N–H and O–H groups in total. The third-order valence-corrected chi connectivity index (χ3v) is 1.90. The topological polar surface area (TPSA) is 66.8 Å². The van der Waals surface area contributed by atoms with Crippen molar-refractivity contribution in [2.24, 2.45) is 5.73 Å². The minimum Gasteiger partial charge on any atom is -0.384 e. The predicted octanol–water partition coefficient (Wildman–Crippen LogP) is 0.304. The molecule has 1 aromatic rings. The van der Waals surface area contributed by atoms with Crippen molar-refractivity contribution < 1.29 is 0 Å². The summed E-state index contributed by atoms with van der Waals surface area (Å²) < 4.78 is 1.92. The first kappa shape index (κ1) is 6.97. The highest BCUT2D eigenvalue weighted by atomic mass is 15.1. The Bertz CT molecular complexity index is 348. The molecular formula is C8H10N4. The molecule has 0 amide bonds. The third kappa shape index (κ3) is 0.887. The van der Waals surface area contributed by atoms with Gasteiger partial charge in [-0.05, 0) is 12.1 Å². The van der Waals surface area contributed by atoms with Gasteiger partial charge in [-0.3, -0.25) is 5.41 Å². The normalized spacial score (nSPS) is 13.7. The molecule has 62 valence electrons. The molecular weight excluding hydrogens is 152 g/mol. The number of hydrogen-bond donors (Lipinski definition) is 3.